The predicted molar refractivity (Wildman–Crippen MR) is 106 cm³/mol. The lowest BCUT2D eigenvalue weighted by Gasteiger charge is -2.41. The molecule has 3 aromatic rings. The molecule has 1 unspecified atom stereocenters. The Morgan fingerprint density at radius 2 is 1.97 bits per heavy atom. The summed E-state index contributed by atoms with van der Waals surface area (Å²) in [6.07, 6.45) is 2.10. The number of hydrogen-bond acceptors (Lipinski definition) is 7. The average molecular weight is 418 g/mol. The molecule has 0 radical (unpaired) electrons. The van der Waals surface area contributed by atoms with E-state index in [1.54, 1.807) is 12.1 Å². The molecule has 154 valence electrons. The van der Waals surface area contributed by atoms with E-state index in [0.717, 1.165) is 0 Å². The smallest absolute Gasteiger partial charge is 0.230 e. The number of benzene rings is 1. The summed E-state index contributed by atoms with van der Waals surface area (Å²) >= 11 is 1.36. The lowest BCUT2D eigenvalue weighted by Crippen LogP contribution is -2.46. The van der Waals surface area contributed by atoms with Gasteiger partial charge in [0, 0.05) is 37.9 Å². The van der Waals surface area contributed by atoms with Crippen LogP contribution in [0.1, 0.15) is 42.1 Å². The first-order valence-electron chi connectivity index (χ1n) is 9.94. The van der Waals surface area contributed by atoms with Gasteiger partial charge < -0.3 is 14.6 Å². The Kier molecular flexibility index (Phi) is 4.78. The fourth-order valence-corrected chi connectivity index (χ4v) is 5.35. The number of hydrogen-bond donors (Lipinski definition) is 1. The second kappa shape index (κ2) is 7.32. The van der Waals surface area contributed by atoms with Gasteiger partial charge in [-0.1, -0.05) is 36.5 Å². The van der Waals surface area contributed by atoms with Crippen molar-refractivity contribution in [3.8, 4) is 5.88 Å². The zero-order chi connectivity index (χ0) is 20.0. The van der Waals surface area contributed by atoms with Crippen LogP contribution in [0, 0.1) is 5.82 Å². The van der Waals surface area contributed by atoms with E-state index in [4.69, 9.17) is 9.47 Å². The molecule has 5 rings (SSSR count). The van der Waals surface area contributed by atoms with Crippen LogP contribution in [0.2, 0.25) is 0 Å². The number of nitrogens with zero attached hydrogens (tertiary/aromatic N) is 4. The molecule has 2 aliphatic rings. The van der Waals surface area contributed by atoms with Gasteiger partial charge in [0.25, 0.3) is 0 Å². The second-order valence-corrected chi connectivity index (χ2v) is 8.44. The molecule has 29 heavy (non-hydrogen) atoms. The molecule has 1 N–H and O–H groups in total. The van der Waals surface area contributed by atoms with Crippen molar-refractivity contribution in [2.24, 2.45) is 0 Å². The fourth-order valence-electron chi connectivity index (χ4n) is 4.23. The molecule has 2 aromatic heterocycles. The maximum atomic E-state index is 14.8. The van der Waals surface area contributed by atoms with Gasteiger partial charge in [0.05, 0.1) is 24.1 Å². The van der Waals surface area contributed by atoms with E-state index >= 15 is 0 Å². The van der Waals surface area contributed by atoms with E-state index in [1.807, 2.05) is 13.0 Å². The molecule has 1 aromatic carbocycles. The molecular formula is C20H23FN4O3S. The average Bonchev–Trinajstić information content (AvgIpc) is 3.43. The zero-order valence-corrected chi connectivity index (χ0v) is 17.0. The van der Waals surface area contributed by atoms with Gasteiger partial charge in [0.15, 0.2) is 11.6 Å². The first kappa shape index (κ1) is 18.9. The molecule has 2 fully saturated rings. The highest BCUT2D eigenvalue weighted by Gasteiger charge is 2.42. The third-order valence-electron chi connectivity index (χ3n) is 5.75. The summed E-state index contributed by atoms with van der Waals surface area (Å²) in [5, 5.41) is 15.3. The molecule has 0 aliphatic carbocycles. The van der Waals surface area contributed by atoms with Gasteiger partial charge in [0.2, 0.25) is 10.8 Å². The van der Waals surface area contributed by atoms with Crippen LogP contribution in [-0.2, 0) is 15.9 Å². The maximum absolute atomic E-state index is 14.8. The minimum atomic E-state index is -0.514. The minimum Gasteiger partial charge on any atom is -0.492 e. The van der Waals surface area contributed by atoms with Crippen LogP contribution in [0.3, 0.4) is 0 Å². The Labute approximate surface area is 171 Å². The number of aryl methyl sites for hydroxylation is 1. The Bertz CT molecular complexity index is 1020. The monoisotopic (exact) mass is 418 g/mol. The quantitative estimate of drug-likeness (QED) is 0.702. The Morgan fingerprint density at radius 1 is 1.24 bits per heavy atom. The highest BCUT2D eigenvalue weighted by atomic mass is 32.1. The Morgan fingerprint density at radius 3 is 2.62 bits per heavy atom. The van der Waals surface area contributed by atoms with Gasteiger partial charge in [-0.2, -0.15) is 4.52 Å². The van der Waals surface area contributed by atoms with Gasteiger partial charge in [-0.25, -0.2) is 9.37 Å². The van der Waals surface area contributed by atoms with Crippen LogP contribution in [0.15, 0.2) is 24.3 Å². The van der Waals surface area contributed by atoms with Gasteiger partial charge in [-0.15, -0.1) is 5.10 Å². The number of likely N-dealkylation sites (tertiary alicyclic amines) is 1. The second-order valence-electron chi connectivity index (χ2n) is 7.43. The van der Waals surface area contributed by atoms with Crippen molar-refractivity contribution in [2.75, 3.05) is 26.3 Å². The molecule has 9 heteroatoms. The van der Waals surface area contributed by atoms with Crippen LogP contribution in [0.25, 0.3) is 4.96 Å². The topological polar surface area (TPSA) is 72.1 Å². The van der Waals surface area contributed by atoms with Gasteiger partial charge >= 0.3 is 0 Å². The molecule has 2 saturated heterocycles. The summed E-state index contributed by atoms with van der Waals surface area (Å²) in [4.78, 5) is 7.92. The van der Waals surface area contributed by atoms with E-state index in [9.17, 15) is 9.50 Å². The third kappa shape index (κ3) is 3.22. The summed E-state index contributed by atoms with van der Waals surface area (Å²) < 4.78 is 27.9. The zero-order valence-electron chi connectivity index (χ0n) is 16.2. The summed E-state index contributed by atoms with van der Waals surface area (Å²) in [5.74, 6) is -0.103. The summed E-state index contributed by atoms with van der Waals surface area (Å²) in [6.45, 7) is 4.55. The molecule has 1 atom stereocenters. The number of ether oxygens (including phenoxy) is 2. The van der Waals surface area contributed by atoms with E-state index in [-0.39, 0.29) is 11.7 Å². The fraction of sp³-hybridized carbons (Fsp3) is 0.500. The van der Waals surface area contributed by atoms with Crippen molar-refractivity contribution in [1.82, 2.24) is 19.5 Å². The molecule has 1 spiro atoms. The van der Waals surface area contributed by atoms with Crippen molar-refractivity contribution in [2.45, 2.75) is 38.0 Å². The van der Waals surface area contributed by atoms with Gasteiger partial charge in [-0.05, 0) is 6.07 Å². The first-order chi connectivity index (χ1) is 14.1. The SMILES string of the molecule is CCc1nc2sc(C(c3ccccc3F)N3CCC4(CC3)OCCO4)c(O)n2n1. The maximum Gasteiger partial charge on any atom is 0.230 e. The van der Waals surface area contributed by atoms with Gasteiger partial charge in [0.1, 0.15) is 5.82 Å². The van der Waals surface area contributed by atoms with E-state index < -0.39 is 11.8 Å². The van der Waals surface area contributed by atoms with Crippen molar-refractivity contribution in [3.05, 3.63) is 46.3 Å². The summed E-state index contributed by atoms with van der Waals surface area (Å²) in [7, 11) is 0. The third-order valence-corrected chi connectivity index (χ3v) is 6.82. The molecule has 7 nitrogen and oxygen atoms in total. The normalized spacial score (nSPS) is 20.6. The molecule has 2 aliphatic heterocycles. The van der Waals surface area contributed by atoms with Crippen LogP contribution in [0.5, 0.6) is 5.88 Å². The molecule has 0 saturated carbocycles. The number of fused-ring (bicyclic) bond motifs is 1. The number of halogens is 1. The standard InChI is InChI=1S/C20H23FN4O3S/c1-2-15-22-19-25(23-15)18(26)17(29-19)16(13-5-3-4-6-14(13)21)24-9-7-20(8-10-24)27-11-12-28-20/h3-6,16,26H,2,7-12H2,1H3. The highest BCUT2D eigenvalue weighted by Crippen LogP contribution is 2.43. The lowest BCUT2D eigenvalue weighted by molar-refractivity contribution is -0.187. The number of thiazole rings is 1. The van der Waals surface area contributed by atoms with Gasteiger partial charge in [-0.3, -0.25) is 4.90 Å². The van der Waals surface area contributed by atoms with Crippen LogP contribution in [-0.4, -0.2) is 56.7 Å². The van der Waals surface area contributed by atoms with E-state index in [2.05, 4.69) is 15.0 Å². The van der Waals surface area contributed by atoms with E-state index in [0.29, 0.717) is 66.8 Å². The molecule has 0 bridgehead atoms. The minimum absolute atomic E-state index is 0.0270. The summed E-state index contributed by atoms with van der Waals surface area (Å²) in [6, 6.07) is 6.31. The summed E-state index contributed by atoms with van der Waals surface area (Å²) in [5.41, 5.74) is 0.534. The van der Waals surface area contributed by atoms with Crippen molar-refractivity contribution < 1.29 is 19.0 Å². The number of aromatic nitrogens is 3. The molecule has 4 heterocycles. The van der Waals surface area contributed by atoms with Crippen molar-refractivity contribution >= 4 is 16.3 Å². The Balaban J connectivity index is 1.54. The number of aromatic hydroxyl groups is 1. The van der Waals surface area contributed by atoms with Crippen LogP contribution >= 0.6 is 11.3 Å². The lowest BCUT2D eigenvalue weighted by atomic mass is 9.97. The first-order valence-corrected chi connectivity index (χ1v) is 10.8. The van der Waals surface area contributed by atoms with Crippen molar-refractivity contribution in [1.29, 1.82) is 0 Å². The molecular weight excluding hydrogens is 395 g/mol. The van der Waals surface area contributed by atoms with Crippen LogP contribution in [0.4, 0.5) is 4.39 Å². The largest absolute Gasteiger partial charge is 0.492 e. The number of piperidine rings is 1. The molecule has 0 amide bonds. The highest BCUT2D eigenvalue weighted by molar-refractivity contribution is 7.17. The number of rotatable bonds is 4. The van der Waals surface area contributed by atoms with Crippen LogP contribution < -0.4 is 0 Å². The van der Waals surface area contributed by atoms with E-state index in [1.165, 1.54) is 21.9 Å². The van der Waals surface area contributed by atoms with Crippen molar-refractivity contribution in [3.63, 3.8) is 0 Å². The predicted octanol–water partition coefficient (Wildman–Crippen LogP) is 3.13. The Hall–Kier alpha value is -2.07.